The van der Waals surface area contributed by atoms with Gasteiger partial charge in [-0.2, -0.15) is 0 Å². The SMILES string of the molecule is [CH2]COCC(O)COc1ccccc1. The Morgan fingerprint density at radius 1 is 1.21 bits per heavy atom. The molecule has 0 saturated heterocycles. The Balaban J connectivity index is 2.20. The van der Waals surface area contributed by atoms with Crippen molar-refractivity contribution in [2.24, 2.45) is 0 Å². The molecule has 3 nitrogen and oxygen atoms in total. The summed E-state index contributed by atoms with van der Waals surface area (Å²) in [6.07, 6.45) is -0.600. The first kappa shape index (κ1) is 11.0. The van der Waals surface area contributed by atoms with Gasteiger partial charge in [-0.05, 0) is 19.1 Å². The van der Waals surface area contributed by atoms with Crippen molar-refractivity contribution in [3.05, 3.63) is 37.3 Å². The minimum Gasteiger partial charge on any atom is -0.491 e. The molecule has 0 aliphatic carbocycles. The summed E-state index contributed by atoms with van der Waals surface area (Å²) >= 11 is 0. The van der Waals surface area contributed by atoms with Crippen molar-refractivity contribution in [3.8, 4) is 5.75 Å². The third-order valence-corrected chi connectivity index (χ3v) is 1.64. The van der Waals surface area contributed by atoms with Gasteiger partial charge < -0.3 is 14.6 Å². The van der Waals surface area contributed by atoms with Crippen molar-refractivity contribution >= 4 is 0 Å². The molecule has 1 aromatic rings. The molecule has 0 heterocycles. The summed E-state index contributed by atoms with van der Waals surface area (Å²) in [7, 11) is 0. The quantitative estimate of drug-likeness (QED) is 0.743. The van der Waals surface area contributed by atoms with Crippen LogP contribution in [0.5, 0.6) is 5.75 Å². The Kier molecular flexibility index (Phi) is 5.04. The smallest absolute Gasteiger partial charge is 0.119 e. The molecule has 1 unspecified atom stereocenters. The predicted molar refractivity (Wildman–Crippen MR) is 54.1 cm³/mol. The second-order valence-corrected chi connectivity index (χ2v) is 2.85. The standard InChI is InChI=1S/C11H15O3/c1-2-13-8-10(12)9-14-11-6-4-3-5-7-11/h3-7,10,12H,1-2,8-9H2. The van der Waals surface area contributed by atoms with Crippen molar-refractivity contribution in [1.82, 2.24) is 0 Å². The summed E-state index contributed by atoms with van der Waals surface area (Å²) in [6.45, 7) is 4.37. The summed E-state index contributed by atoms with van der Waals surface area (Å²) in [5.74, 6) is 0.751. The lowest BCUT2D eigenvalue weighted by atomic mass is 10.3. The van der Waals surface area contributed by atoms with Crippen LogP contribution in [-0.2, 0) is 4.74 Å². The number of aliphatic hydroxyl groups is 1. The van der Waals surface area contributed by atoms with Crippen molar-refractivity contribution in [2.75, 3.05) is 19.8 Å². The first-order chi connectivity index (χ1) is 6.83. The molecule has 0 aliphatic heterocycles. The van der Waals surface area contributed by atoms with E-state index >= 15 is 0 Å². The fourth-order valence-corrected chi connectivity index (χ4v) is 0.977. The molecule has 0 bridgehead atoms. The van der Waals surface area contributed by atoms with Crippen LogP contribution >= 0.6 is 0 Å². The van der Waals surface area contributed by atoms with Crippen LogP contribution < -0.4 is 4.74 Å². The van der Waals surface area contributed by atoms with Crippen LogP contribution in [0.4, 0.5) is 0 Å². The highest BCUT2D eigenvalue weighted by molar-refractivity contribution is 5.20. The van der Waals surface area contributed by atoms with Gasteiger partial charge in [0.2, 0.25) is 0 Å². The van der Waals surface area contributed by atoms with Crippen LogP contribution in [0.25, 0.3) is 0 Å². The Morgan fingerprint density at radius 2 is 1.93 bits per heavy atom. The number of rotatable bonds is 6. The highest BCUT2D eigenvalue weighted by Gasteiger charge is 2.04. The van der Waals surface area contributed by atoms with Crippen LogP contribution in [0, 0.1) is 6.92 Å². The molecule has 1 atom stereocenters. The van der Waals surface area contributed by atoms with Gasteiger partial charge in [0.1, 0.15) is 18.5 Å². The molecule has 77 valence electrons. The minimum absolute atomic E-state index is 0.240. The van der Waals surface area contributed by atoms with Crippen LogP contribution in [0.2, 0.25) is 0 Å². The molecule has 1 aromatic carbocycles. The largest absolute Gasteiger partial charge is 0.491 e. The molecule has 3 heteroatoms. The summed E-state index contributed by atoms with van der Waals surface area (Å²) in [5, 5.41) is 9.36. The molecule has 0 aliphatic rings. The number of ether oxygens (including phenoxy) is 2. The molecule has 0 spiro atoms. The summed E-state index contributed by atoms with van der Waals surface area (Å²) in [5.41, 5.74) is 0. The molecule has 0 saturated carbocycles. The van der Waals surface area contributed by atoms with Crippen molar-refractivity contribution < 1.29 is 14.6 Å². The van der Waals surface area contributed by atoms with Gasteiger partial charge in [0.05, 0.1) is 6.61 Å². The zero-order chi connectivity index (χ0) is 10.2. The minimum atomic E-state index is -0.600. The fraction of sp³-hybridized carbons (Fsp3) is 0.364. The van der Waals surface area contributed by atoms with Crippen LogP contribution in [-0.4, -0.2) is 31.0 Å². The highest BCUT2D eigenvalue weighted by Crippen LogP contribution is 2.08. The molecule has 1 rings (SSSR count). The van der Waals surface area contributed by atoms with Gasteiger partial charge >= 0.3 is 0 Å². The first-order valence-corrected chi connectivity index (χ1v) is 4.56. The molecule has 1 N–H and O–H groups in total. The maximum Gasteiger partial charge on any atom is 0.119 e. The monoisotopic (exact) mass is 195 g/mol. The van der Waals surface area contributed by atoms with E-state index in [0.29, 0.717) is 6.61 Å². The van der Waals surface area contributed by atoms with E-state index in [0.717, 1.165) is 5.75 Å². The molecular weight excluding hydrogens is 180 g/mol. The van der Waals surface area contributed by atoms with E-state index in [9.17, 15) is 5.11 Å². The number of hydrogen-bond donors (Lipinski definition) is 1. The van der Waals surface area contributed by atoms with Gasteiger partial charge in [0.25, 0.3) is 0 Å². The Labute approximate surface area is 84.3 Å². The maximum absolute atomic E-state index is 9.36. The van der Waals surface area contributed by atoms with E-state index < -0.39 is 6.10 Å². The number of aliphatic hydroxyl groups excluding tert-OH is 1. The predicted octanol–water partition coefficient (Wildman–Crippen LogP) is 1.28. The summed E-state index contributed by atoms with van der Waals surface area (Å²) in [6, 6.07) is 9.36. The van der Waals surface area contributed by atoms with E-state index in [4.69, 9.17) is 9.47 Å². The van der Waals surface area contributed by atoms with Gasteiger partial charge in [-0.1, -0.05) is 18.2 Å². The maximum atomic E-state index is 9.36. The molecule has 0 amide bonds. The van der Waals surface area contributed by atoms with E-state index in [1.54, 1.807) is 0 Å². The number of para-hydroxylation sites is 1. The number of benzene rings is 1. The average Bonchev–Trinajstić information content (AvgIpc) is 2.25. The van der Waals surface area contributed by atoms with Crippen molar-refractivity contribution in [1.29, 1.82) is 0 Å². The van der Waals surface area contributed by atoms with E-state index in [1.165, 1.54) is 0 Å². The molecule has 14 heavy (non-hydrogen) atoms. The van der Waals surface area contributed by atoms with Crippen molar-refractivity contribution in [2.45, 2.75) is 6.10 Å². The van der Waals surface area contributed by atoms with E-state index in [-0.39, 0.29) is 13.2 Å². The molecule has 1 radical (unpaired) electrons. The zero-order valence-electron chi connectivity index (χ0n) is 8.06. The zero-order valence-corrected chi connectivity index (χ0v) is 8.06. The van der Waals surface area contributed by atoms with Crippen LogP contribution in [0.3, 0.4) is 0 Å². The third kappa shape index (κ3) is 4.25. The molecule has 0 aromatic heterocycles. The number of hydrogen-bond acceptors (Lipinski definition) is 3. The van der Waals surface area contributed by atoms with Gasteiger partial charge in [0, 0.05) is 6.61 Å². The lowest BCUT2D eigenvalue weighted by Gasteiger charge is -2.11. The van der Waals surface area contributed by atoms with Crippen molar-refractivity contribution in [3.63, 3.8) is 0 Å². The summed E-state index contributed by atoms with van der Waals surface area (Å²) < 4.78 is 10.3. The fourth-order valence-electron chi connectivity index (χ4n) is 0.977. The van der Waals surface area contributed by atoms with E-state index in [1.807, 2.05) is 30.3 Å². The third-order valence-electron chi connectivity index (χ3n) is 1.64. The Hall–Kier alpha value is -1.06. The Bertz CT molecular complexity index is 236. The van der Waals surface area contributed by atoms with Crippen LogP contribution in [0.1, 0.15) is 0 Å². The van der Waals surface area contributed by atoms with E-state index in [2.05, 4.69) is 6.92 Å². The molecule has 0 fully saturated rings. The van der Waals surface area contributed by atoms with Gasteiger partial charge in [-0.25, -0.2) is 0 Å². The van der Waals surface area contributed by atoms with Gasteiger partial charge in [0.15, 0.2) is 0 Å². The highest BCUT2D eigenvalue weighted by atomic mass is 16.5. The topological polar surface area (TPSA) is 38.7 Å². The lowest BCUT2D eigenvalue weighted by molar-refractivity contribution is 0.0208. The molecular formula is C11H15O3. The average molecular weight is 195 g/mol. The van der Waals surface area contributed by atoms with Crippen LogP contribution in [0.15, 0.2) is 30.3 Å². The Morgan fingerprint density at radius 3 is 2.57 bits per heavy atom. The van der Waals surface area contributed by atoms with Gasteiger partial charge in [-0.3, -0.25) is 0 Å². The normalized spacial score (nSPS) is 12.4. The second-order valence-electron chi connectivity index (χ2n) is 2.85. The lowest BCUT2D eigenvalue weighted by Crippen LogP contribution is -2.23. The first-order valence-electron chi connectivity index (χ1n) is 4.56. The summed E-state index contributed by atoms with van der Waals surface area (Å²) in [4.78, 5) is 0. The second kappa shape index (κ2) is 6.40. The van der Waals surface area contributed by atoms with Gasteiger partial charge in [-0.15, -0.1) is 0 Å².